The average Bonchev–Trinajstić information content (AvgIpc) is 2.71. The van der Waals surface area contributed by atoms with Crippen molar-refractivity contribution >= 4 is 0 Å². The summed E-state index contributed by atoms with van der Waals surface area (Å²) in [6, 6.07) is 0. The minimum Gasteiger partial charge on any atom is -0.367 e. The maximum Gasteiger partial charge on any atom is 0.0892 e. The Labute approximate surface area is 88.5 Å². The molecule has 1 atom stereocenters. The van der Waals surface area contributed by atoms with E-state index in [0.29, 0.717) is 6.10 Å². The predicted molar refractivity (Wildman–Crippen MR) is 60.1 cm³/mol. The molecule has 0 bridgehead atoms. The molecule has 0 aliphatic carbocycles. The van der Waals surface area contributed by atoms with E-state index in [2.05, 4.69) is 33.3 Å². The fourth-order valence-electron chi connectivity index (χ4n) is 1.66. The number of rotatable bonds is 6. The van der Waals surface area contributed by atoms with Crippen LogP contribution < -0.4 is 0 Å². The molecule has 2 radical (unpaired) electrons. The lowest BCUT2D eigenvalue weighted by Crippen LogP contribution is -2.02. The molecule has 1 nitrogen and oxygen atoms in total. The van der Waals surface area contributed by atoms with E-state index in [1.54, 1.807) is 0 Å². The first-order valence-corrected chi connectivity index (χ1v) is 5.54. The normalized spacial score (nSPS) is 25.1. The van der Waals surface area contributed by atoms with E-state index in [4.69, 9.17) is 4.74 Å². The van der Waals surface area contributed by atoms with E-state index in [0.717, 1.165) is 12.8 Å². The average molecular weight is 194 g/mol. The third-order valence-electron chi connectivity index (χ3n) is 2.85. The minimum atomic E-state index is 0.158. The Morgan fingerprint density at radius 2 is 2.14 bits per heavy atom. The lowest BCUT2D eigenvalue weighted by Gasteiger charge is -2.00. The van der Waals surface area contributed by atoms with Crippen LogP contribution >= 0.6 is 0 Å². The van der Waals surface area contributed by atoms with E-state index >= 15 is 0 Å². The monoisotopic (exact) mass is 194 g/mol. The summed E-state index contributed by atoms with van der Waals surface area (Å²) < 4.78 is 5.54. The van der Waals surface area contributed by atoms with Crippen LogP contribution in [0.1, 0.15) is 53.4 Å². The number of hydrogen-bond acceptors (Lipinski definition) is 1. The summed E-state index contributed by atoms with van der Waals surface area (Å²) in [5.74, 6) is 0. The van der Waals surface area contributed by atoms with Gasteiger partial charge in [0.2, 0.25) is 0 Å². The molecule has 1 rings (SSSR count). The van der Waals surface area contributed by atoms with E-state index in [1.165, 1.54) is 18.4 Å². The molecule has 14 heavy (non-hydrogen) atoms. The number of unbranched alkanes of at least 4 members (excludes halogenated alkanes) is 2. The summed E-state index contributed by atoms with van der Waals surface area (Å²) in [6.45, 7) is 8.53. The lowest BCUT2D eigenvalue weighted by molar-refractivity contribution is 0.320. The fourth-order valence-corrected chi connectivity index (χ4v) is 1.66. The Morgan fingerprint density at radius 3 is 2.64 bits per heavy atom. The largest absolute Gasteiger partial charge is 0.367 e. The van der Waals surface area contributed by atoms with Crippen LogP contribution in [-0.4, -0.2) is 11.7 Å². The fraction of sp³-hybridized carbons (Fsp3) is 0.769. The zero-order chi connectivity index (χ0) is 10.6. The highest BCUT2D eigenvalue weighted by Gasteiger charge is 2.46. The molecule has 1 aliphatic rings. The summed E-state index contributed by atoms with van der Waals surface area (Å²) >= 11 is 0. The molecule has 1 unspecified atom stereocenters. The molecule has 0 aromatic heterocycles. The molecule has 0 aromatic rings. The van der Waals surface area contributed by atoms with Gasteiger partial charge in [-0.1, -0.05) is 18.6 Å². The van der Waals surface area contributed by atoms with Gasteiger partial charge in [-0.15, -0.1) is 0 Å². The van der Waals surface area contributed by atoms with E-state index in [-0.39, 0.29) is 5.60 Å². The molecule has 1 heteroatoms. The van der Waals surface area contributed by atoms with E-state index < -0.39 is 0 Å². The summed E-state index contributed by atoms with van der Waals surface area (Å²) in [6.07, 6.45) is 10.5. The number of epoxide rings is 1. The first-order valence-electron chi connectivity index (χ1n) is 5.54. The molecule has 1 fully saturated rings. The first-order chi connectivity index (χ1) is 6.56. The highest BCUT2D eigenvalue weighted by atomic mass is 16.6. The molecule has 0 N–H and O–H groups in total. The second-order valence-corrected chi connectivity index (χ2v) is 4.69. The SMILES string of the molecule is C[C]CCC=C(C)CCC1OC1(C)C. The number of hydrogen-bond donors (Lipinski definition) is 0. The Morgan fingerprint density at radius 1 is 1.50 bits per heavy atom. The van der Waals surface area contributed by atoms with Gasteiger partial charge in [0, 0.05) is 0 Å². The van der Waals surface area contributed by atoms with Crippen molar-refractivity contribution in [2.45, 2.75) is 65.1 Å². The van der Waals surface area contributed by atoms with Gasteiger partial charge in [-0.2, -0.15) is 0 Å². The van der Waals surface area contributed by atoms with E-state index in [9.17, 15) is 0 Å². The maximum absolute atomic E-state index is 5.54. The Balaban J connectivity index is 2.09. The van der Waals surface area contributed by atoms with Crippen LogP contribution in [0.2, 0.25) is 0 Å². The van der Waals surface area contributed by atoms with Crippen molar-refractivity contribution in [2.24, 2.45) is 0 Å². The Bertz CT molecular complexity index is 203. The van der Waals surface area contributed by atoms with Crippen LogP contribution in [0, 0.1) is 6.42 Å². The van der Waals surface area contributed by atoms with Gasteiger partial charge in [-0.3, -0.25) is 0 Å². The van der Waals surface area contributed by atoms with Crippen LogP contribution in [0.25, 0.3) is 0 Å². The molecule has 1 aliphatic heterocycles. The van der Waals surface area contributed by atoms with Crippen LogP contribution in [-0.2, 0) is 4.74 Å². The third kappa shape index (κ3) is 3.83. The first kappa shape index (κ1) is 11.8. The van der Waals surface area contributed by atoms with Crippen molar-refractivity contribution in [3.05, 3.63) is 18.1 Å². The van der Waals surface area contributed by atoms with Crippen molar-refractivity contribution in [3.63, 3.8) is 0 Å². The number of ether oxygens (including phenoxy) is 1. The molecule has 0 amide bonds. The summed E-state index contributed by atoms with van der Waals surface area (Å²) in [4.78, 5) is 0. The minimum absolute atomic E-state index is 0.158. The van der Waals surface area contributed by atoms with Crippen molar-refractivity contribution in [3.8, 4) is 0 Å². The molecular weight excluding hydrogens is 172 g/mol. The highest BCUT2D eigenvalue weighted by Crippen LogP contribution is 2.38. The van der Waals surface area contributed by atoms with Gasteiger partial charge in [0.05, 0.1) is 11.7 Å². The zero-order valence-corrected chi connectivity index (χ0v) is 9.89. The van der Waals surface area contributed by atoms with Crippen molar-refractivity contribution in [1.82, 2.24) is 0 Å². The summed E-state index contributed by atoms with van der Waals surface area (Å²) in [5.41, 5.74) is 1.65. The van der Waals surface area contributed by atoms with Gasteiger partial charge in [-0.05, 0) is 52.9 Å². The highest BCUT2D eigenvalue weighted by molar-refractivity contribution is 5.02. The molecule has 1 saturated heterocycles. The molecule has 0 spiro atoms. The third-order valence-corrected chi connectivity index (χ3v) is 2.85. The smallest absolute Gasteiger partial charge is 0.0892 e. The molecule has 1 heterocycles. The van der Waals surface area contributed by atoms with Gasteiger partial charge in [0.1, 0.15) is 0 Å². The topological polar surface area (TPSA) is 12.5 Å². The van der Waals surface area contributed by atoms with Gasteiger partial charge in [-0.25, -0.2) is 0 Å². The van der Waals surface area contributed by atoms with Gasteiger partial charge < -0.3 is 4.74 Å². The lowest BCUT2D eigenvalue weighted by atomic mass is 10.0. The predicted octanol–water partition coefficient (Wildman–Crippen LogP) is 3.77. The molecule has 0 saturated carbocycles. The van der Waals surface area contributed by atoms with Crippen molar-refractivity contribution in [1.29, 1.82) is 0 Å². The zero-order valence-electron chi connectivity index (χ0n) is 9.89. The van der Waals surface area contributed by atoms with Crippen LogP contribution in [0.4, 0.5) is 0 Å². The second kappa shape index (κ2) is 4.97. The summed E-state index contributed by atoms with van der Waals surface area (Å²) in [5, 5.41) is 0. The molecule has 0 aromatic carbocycles. The van der Waals surface area contributed by atoms with Crippen molar-refractivity contribution < 1.29 is 4.74 Å². The standard InChI is InChI=1S/C13H22O/c1-5-6-7-8-11(2)9-10-12-13(3,4)14-12/h8,12H,6-7,9-10H2,1-4H3. The van der Waals surface area contributed by atoms with Crippen molar-refractivity contribution in [2.75, 3.05) is 0 Å². The van der Waals surface area contributed by atoms with Gasteiger partial charge >= 0.3 is 0 Å². The number of allylic oxidation sites excluding steroid dienone is 2. The van der Waals surface area contributed by atoms with Gasteiger partial charge in [0.15, 0.2) is 0 Å². The van der Waals surface area contributed by atoms with E-state index in [1.807, 2.05) is 6.92 Å². The van der Waals surface area contributed by atoms with Gasteiger partial charge in [0.25, 0.3) is 0 Å². The molecule has 80 valence electrons. The molecular formula is C13H22O. The summed E-state index contributed by atoms with van der Waals surface area (Å²) in [7, 11) is 0. The Hall–Kier alpha value is -0.300. The second-order valence-electron chi connectivity index (χ2n) is 4.69. The quantitative estimate of drug-likeness (QED) is 0.356. The van der Waals surface area contributed by atoms with Crippen LogP contribution in [0.5, 0.6) is 0 Å². The van der Waals surface area contributed by atoms with Crippen LogP contribution in [0.3, 0.4) is 0 Å². The van der Waals surface area contributed by atoms with Crippen LogP contribution in [0.15, 0.2) is 11.6 Å². The maximum atomic E-state index is 5.54. The Kier molecular flexibility index (Phi) is 4.18.